The molecule has 0 aromatic heterocycles. The van der Waals surface area contributed by atoms with Crippen LogP contribution in [0.5, 0.6) is 5.75 Å². The Kier molecular flexibility index (Phi) is 5.67. The molecule has 0 saturated heterocycles. The van der Waals surface area contributed by atoms with E-state index in [0.717, 1.165) is 0 Å². The first-order valence-electron chi connectivity index (χ1n) is 7.51. The highest BCUT2D eigenvalue weighted by Gasteiger charge is 2.20. The number of nitrogens with zero attached hydrogens (tertiary/aromatic N) is 1. The molecule has 0 unspecified atom stereocenters. The number of amides is 2. The lowest BCUT2D eigenvalue weighted by Gasteiger charge is -2.08. The van der Waals surface area contributed by atoms with E-state index in [0.29, 0.717) is 23.6 Å². The molecule has 2 aromatic rings. The minimum atomic E-state index is -0.999. The number of aryl methyl sites for hydroxylation is 1. The Labute approximate surface area is 144 Å². The molecule has 130 valence electrons. The molecule has 0 aliphatic rings. The normalized spacial score (nSPS) is 10.0. The number of anilines is 2. The summed E-state index contributed by atoms with van der Waals surface area (Å²) in [6.45, 7) is 4.06. The number of rotatable bonds is 5. The highest BCUT2D eigenvalue weighted by molar-refractivity contribution is 6.43. The molecule has 0 spiro atoms. The largest absolute Gasteiger partial charge is 0.494 e. The lowest BCUT2D eigenvalue weighted by Crippen LogP contribution is -2.29. The smallest absolute Gasteiger partial charge is 0.314 e. The highest BCUT2D eigenvalue weighted by Crippen LogP contribution is 2.25. The zero-order valence-electron chi connectivity index (χ0n) is 13.7. The van der Waals surface area contributed by atoms with E-state index in [1.54, 1.807) is 37.3 Å². The van der Waals surface area contributed by atoms with Gasteiger partial charge in [-0.15, -0.1) is 0 Å². The van der Waals surface area contributed by atoms with E-state index in [1.807, 2.05) is 6.92 Å². The molecule has 0 bridgehead atoms. The summed E-state index contributed by atoms with van der Waals surface area (Å²) in [5.74, 6) is -1.29. The summed E-state index contributed by atoms with van der Waals surface area (Å²) >= 11 is 0. The molecule has 2 aromatic carbocycles. The Balaban J connectivity index is 2.05. The standard InChI is InChI=1S/C17H17N3O5/c1-3-25-13-7-5-12(6-8-13)18-16(21)17(22)19-14-9-4-11(2)10-15(14)20(23)24/h4-10H,3H2,1-2H3,(H,18,21)(H,19,22). The van der Waals surface area contributed by atoms with E-state index in [-0.39, 0.29) is 11.4 Å². The van der Waals surface area contributed by atoms with Crippen LogP contribution in [-0.2, 0) is 9.59 Å². The lowest BCUT2D eigenvalue weighted by molar-refractivity contribution is -0.384. The molecule has 0 fully saturated rings. The maximum Gasteiger partial charge on any atom is 0.314 e. The van der Waals surface area contributed by atoms with Gasteiger partial charge in [-0.1, -0.05) is 6.07 Å². The second kappa shape index (κ2) is 7.91. The number of ether oxygens (including phenoxy) is 1. The number of nitro groups is 1. The maximum atomic E-state index is 12.0. The van der Waals surface area contributed by atoms with Gasteiger partial charge in [-0.3, -0.25) is 19.7 Å². The summed E-state index contributed by atoms with van der Waals surface area (Å²) in [4.78, 5) is 34.4. The first-order valence-corrected chi connectivity index (χ1v) is 7.51. The van der Waals surface area contributed by atoms with Crippen molar-refractivity contribution >= 4 is 28.9 Å². The van der Waals surface area contributed by atoms with Gasteiger partial charge < -0.3 is 15.4 Å². The maximum absolute atomic E-state index is 12.0. The zero-order chi connectivity index (χ0) is 18.4. The molecule has 8 heteroatoms. The van der Waals surface area contributed by atoms with Crippen LogP contribution >= 0.6 is 0 Å². The average Bonchev–Trinajstić information content (AvgIpc) is 2.58. The van der Waals surface area contributed by atoms with Crippen LogP contribution < -0.4 is 15.4 Å². The fourth-order valence-corrected chi connectivity index (χ4v) is 2.07. The summed E-state index contributed by atoms with van der Waals surface area (Å²) in [5, 5.41) is 15.7. The number of benzene rings is 2. The molecular weight excluding hydrogens is 326 g/mol. The van der Waals surface area contributed by atoms with Gasteiger partial charge in [0, 0.05) is 11.8 Å². The predicted molar refractivity (Wildman–Crippen MR) is 92.7 cm³/mol. The van der Waals surface area contributed by atoms with Crippen molar-refractivity contribution in [3.05, 3.63) is 58.1 Å². The summed E-state index contributed by atoms with van der Waals surface area (Å²) in [6, 6.07) is 10.8. The minimum absolute atomic E-state index is 0.0394. The average molecular weight is 343 g/mol. The van der Waals surface area contributed by atoms with Gasteiger partial charge in [0.25, 0.3) is 5.69 Å². The number of hydrogen-bond donors (Lipinski definition) is 2. The fraction of sp³-hybridized carbons (Fsp3) is 0.176. The van der Waals surface area contributed by atoms with Crippen molar-refractivity contribution in [3.8, 4) is 5.75 Å². The minimum Gasteiger partial charge on any atom is -0.494 e. The molecule has 8 nitrogen and oxygen atoms in total. The fourth-order valence-electron chi connectivity index (χ4n) is 2.07. The summed E-state index contributed by atoms with van der Waals surface area (Å²) in [7, 11) is 0. The summed E-state index contributed by atoms with van der Waals surface area (Å²) in [6.07, 6.45) is 0. The van der Waals surface area contributed by atoms with Crippen molar-refractivity contribution in [2.45, 2.75) is 13.8 Å². The van der Waals surface area contributed by atoms with Gasteiger partial charge in [-0.2, -0.15) is 0 Å². The van der Waals surface area contributed by atoms with Crippen molar-refractivity contribution in [1.29, 1.82) is 0 Å². The Bertz CT molecular complexity index is 802. The van der Waals surface area contributed by atoms with Crippen LogP contribution in [0.3, 0.4) is 0 Å². The van der Waals surface area contributed by atoms with Crippen LogP contribution in [0.15, 0.2) is 42.5 Å². The third kappa shape index (κ3) is 4.77. The van der Waals surface area contributed by atoms with Crippen LogP contribution in [0.1, 0.15) is 12.5 Å². The predicted octanol–water partition coefficient (Wildman–Crippen LogP) is 2.88. The van der Waals surface area contributed by atoms with E-state index in [1.165, 1.54) is 12.1 Å². The van der Waals surface area contributed by atoms with Gasteiger partial charge in [-0.25, -0.2) is 0 Å². The van der Waals surface area contributed by atoms with Crippen molar-refractivity contribution < 1.29 is 19.2 Å². The van der Waals surface area contributed by atoms with E-state index in [9.17, 15) is 19.7 Å². The molecule has 25 heavy (non-hydrogen) atoms. The molecule has 0 heterocycles. The highest BCUT2D eigenvalue weighted by atomic mass is 16.6. The molecule has 0 radical (unpaired) electrons. The van der Waals surface area contributed by atoms with Crippen LogP contribution in [0, 0.1) is 17.0 Å². The third-order valence-electron chi connectivity index (χ3n) is 3.23. The Morgan fingerprint density at radius 1 is 1.08 bits per heavy atom. The first-order chi connectivity index (χ1) is 11.9. The third-order valence-corrected chi connectivity index (χ3v) is 3.23. The molecular formula is C17H17N3O5. The van der Waals surface area contributed by atoms with E-state index < -0.39 is 16.7 Å². The van der Waals surface area contributed by atoms with Crippen molar-refractivity contribution in [2.75, 3.05) is 17.2 Å². The van der Waals surface area contributed by atoms with Gasteiger partial charge in [0.2, 0.25) is 0 Å². The van der Waals surface area contributed by atoms with Crippen LogP contribution in [-0.4, -0.2) is 23.3 Å². The molecule has 0 aliphatic heterocycles. The molecule has 0 saturated carbocycles. The van der Waals surface area contributed by atoms with Crippen LogP contribution in [0.4, 0.5) is 17.1 Å². The number of nitrogens with one attached hydrogen (secondary N) is 2. The SMILES string of the molecule is CCOc1ccc(NC(=O)C(=O)Nc2ccc(C)cc2[N+](=O)[O-])cc1. The van der Waals surface area contributed by atoms with Gasteiger partial charge >= 0.3 is 11.8 Å². The number of carbonyl (C=O) groups excluding carboxylic acids is 2. The van der Waals surface area contributed by atoms with E-state index in [4.69, 9.17) is 4.74 Å². The zero-order valence-corrected chi connectivity index (χ0v) is 13.7. The Morgan fingerprint density at radius 3 is 2.32 bits per heavy atom. The number of hydrogen-bond acceptors (Lipinski definition) is 5. The van der Waals surface area contributed by atoms with Crippen molar-refractivity contribution in [3.63, 3.8) is 0 Å². The quantitative estimate of drug-likeness (QED) is 0.493. The molecule has 0 atom stereocenters. The van der Waals surface area contributed by atoms with Crippen molar-refractivity contribution in [2.24, 2.45) is 0 Å². The summed E-state index contributed by atoms with van der Waals surface area (Å²) < 4.78 is 5.28. The van der Waals surface area contributed by atoms with Crippen LogP contribution in [0.2, 0.25) is 0 Å². The Morgan fingerprint density at radius 2 is 1.72 bits per heavy atom. The van der Waals surface area contributed by atoms with Gasteiger partial charge in [0.15, 0.2) is 0 Å². The van der Waals surface area contributed by atoms with E-state index in [2.05, 4.69) is 10.6 Å². The van der Waals surface area contributed by atoms with E-state index >= 15 is 0 Å². The van der Waals surface area contributed by atoms with Gasteiger partial charge in [-0.05, 0) is 49.7 Å². The second-order valence-electron chi connectivity index (χ2n) is 5.14. The lowest BCUT2D eigenvalue weighted by atomic mass is 10.2. The second-order valence-corrected chi connectivity index (χ2v) is 5.14. The topological polar surface area (TPSA) is 111 Å². The summed E-state index contributed by atoms with van der Waals surface area (Å²) in [5.41, 5.74) is 0.759. The molecule has 2 amide bonds. The van der Waals surface area contributed by atoms with Gasteiger partial charge in [0.1, 0.15) is 11.4 Å². The molecule has 2 rings (SSSR count). The number of nitro benzene ring substituents is 1. The molecule has 0 aliphatic carbocycles. The molecule has 2 N–H and O–H groups in total. The number of carbonyl (C=O) groups is 2. The van der Waals surface area contributed by atoms with Gasteiger partial charge in [0.05, 0.1) is 11.5 Å². The van der Waals surface area contributed by atoms with Crippen molar-refractivity contribution in [1.82, 2.24) is 0 Å². The Hall–Kier alpha value is -3.42. The van der Waals surface area contributed by atoms with Crippen LogP contribution in [0.25, 0.3) is 0 Å². The monoisotopic (exact) mass is 343 g/mol. The first kappa shape index (κ1) is 17.9.